The van der Waals surface area contributed by atoms with E-state index in [1.165, 1.54) is 6.20 Å². The molecule has 3 aromatic rings. The zero-order valence-electron chi connectivity index (χ0n) is 16.3. The Hall–Kier alpha value is -3.19. The minimum atomic E-state index is -0.871. The number of benzene rings is 1. The van der Waals surface area contributed by atoms with E-state index >= 15 is 0 Å². The molecule has 0 saturated heterocycles. The summed E-state index contributed by atoms with van der Waals surface area (Å²) >= 11 is 6.08. The van der Waals surface area contributed by atoms with E-state index in [2.05, 4.69) is 10.3 Å². The Balaban J connectivity index is 1.77. The lowest BCUT2D eigenvalue weighted by Gasteiger charge is -2.11. The number of rotatable bonds is 5. The van der Waals surface area contributed by atoms with E-state index in [0.717, 1.165) is 11.3 Å². The molecule has 2 heterocycles. The zero-order chi connectivity index (χ0) is 21.1. The van der Waals surface area contributed by atoms with Crippen molar-refractivity contribution in [3.05, 3.63) is 68.6 Å². The number of amides is 1. The molecule has 150 valence electrons. The standard InChI is InChI=1S/C21H20ClN3O4/c1-4-25-10-15(19(27)14-7-6-13(3)23-20(14)25)21(28)29-11-18(26)24-17-8-5-12(2)9-16(17)22/h5-10H,4,11H2,1-3H3,(H,24,26). The number of hydrogen-bond acceptors (Lipinski definition) is 5. The summed E-state index contributed by atoms with van der Waals surface area (Å²) in [5, 5.41) is 3.28. The van der Waals surface area contributed by atoms with Crippen molar-refractivity contribution in [2.45, 2.75) is 27.3 Å². The van der Waals surface area contributed by atoms with Gasteiger partial charge in [0.2, 0.25) is 5.43 Å². The van der Waals surface area contributed by atoms with Crippen molar-refractivity contribution in [1.29, 1.82) is 0 Å². The molecule has 0 aliphatic heterocycles. The van der Waals surface area contributed by atoms with Crippen molar-refractivity contribution in [2.24, 2.45) is 0 Å². The van der Waals surface area contributed by atoms with Crippen LogP contribution in [-0.4, -0.2) is 28.0 Å². The third kappa shape index (κ3) is 4.46. The molecule has 1 aromatic carbocycles. The monoisotopic (exact) mass is 413 g/mol. The summed E-state index contributed by atoms with van der Waals surface area (Å²) in [4.78, 5) is 41.6. The fourth-order valence-electron chi connectivity index (χ4n) is 2.86. The summed E-state index contributed by atoms with van der Waals surface area (Å²) in [6.45, 7) is 5.55. The Labute approximate surface area is 172 Å². The highest BCUT2D eigenvalue weighted by atomic mass is 35.5. The van der Waals surface area contributed by atoms with Crippen LogP contribution in [0.25, 0.3) is 11.0 Å². The lowest BCUT2D eigenvalue weighted by molar-refractivity contribution is -0.119. The van der Waals surface area contributed by atoms with Crippen molar-refractivity contribution < 1.29 is 14.3 Å². The lowest BCUT2D eigenvalue weighted by atomic mass is 10.2. The summed E-state index contributed by atoms with van der Waals surface area (Å²) in [6.07, 6.45) is 1.41. The van der Waals surface area contributed by atoms with Gasteiger partial charge in [0.05, 0.1) is 16.1 Å². The number of aryl methyl sites for hydroxylation is 3. The predicted molar refractivity (Wildman–Crippen MR) is 112 cm³/mol. The Morgan fingerprint density at radius 1 is 1.21 bits per heavy atom. The molecule has 1 amide bonds. The Kier molecular flexibility index (Phi) is 5.98. The van der Waals surface area contributed by atoms with E-state index in [0.29, 0.717) is 28.3 Å². The Bertz CT molecular complexity index is 1170. The number of carbonyl (C=O) groups excluding carboxylic acids is 2. The first-order valence-electron chi connectivity index (χ1n) is 9.04. The number of nitrogens with one attached hydrogen (secondary N) is 1. The smallest absolute Gasteiger partial charge is 0.344 e. The molecule has 3 rings (SSSR count). The summed E-state index contributed by atoms with van der Waals surface area (Å²) < 4.78 is 6.75. The van der Waals surface area contributed by atoms with Crippen LogP contribution in [0.5, 0.6) is 0 Å². The quantitative estimate of drug-likeness (QED) is 0.646. The lowest BCUT2D eigenvalue weighted by Crippen LogP contribution is -2.25. The van der Waals surface area contributed by atoms with Gasteiger partial charge in [-0.05, 0) is 50.6 Å². The van der Waals surface area contributed by atoms with Gasteiger partial charge in [-0.2, -0.15) is 0 Å². The van der Waals surface area contributed by atoms with Crippen molar-refractivity contribution in [2.75, 3.05) is 11.9 Å². The first-order chi connectivity index (χ1) is 13.8. The van der Waals surface area contributed by atoms with Gasteiger partial charge in [-0.25, -0.2) is 9.78 Å². The number of aromatic nitrogens is 2. The number of halogens is 1. The van der Waals surface area contributed by atoms with Crippen molar-refractivity contribution >= 4 is 40.2 Å². The summed E-state index contributed by atoms with van der Waals surface area (Å²) in [7, 11) is 0. The molecule has 7 nitrogen and oxygen atoms in total. The van der Waals surface area contributed by atoms with Gasteiger partial charge in [0.1, 0.15) is 11.2 Å². The van der Waals surface area contributed by atoms with Crippen LogP contribution in [0.2, 0.25) is 5.02 Å². The van der Waals surface area contributed by atoms with E-state index in [9.17, 15) is 14.4 Å². The van der Waals surface area contributed by atoms with E-state index < -0.39 is 23.9 Å². The van der Waals surface area contributed by atoms with Crippen molar-refractivity contribution in [1.82, 2.24) is 9.55 Å². The highest BCUT2D eigenvalue weighted by Crippen LogP contribution is 2.22. The Morgan fingerprint density at radius 2 is 1.97 bits per heavy atom. The second-order valence-corrected chi connectivity index (χ2v) is 7.00. The highest BCUT2D eigenvalue weighted by Gasteiger charge is 2.18. The van der Waals surface area contributed by atoms with E-state index in [1.807, 2.05) is 20.8 Å². The fourth-order valence-corrected chi connectivity index (χ4v) is 3.15. The Morgan fingerprint density at radius 3 is 2.66 bits per heavy atom. The largest absolute Gasteiger partial charge is 0.452 e. The van der Waals surface area contributed by atoms with Gasteiger partial charge in [-0.15, -0.1) is 0 Å². The molecule has 0 spiro atoms. The minimum Gasteiger partial charge on any atom is -0.452 e. The van der Waals surface area contributed by atoms with Crippen LogP contribution in [0, 0.1) is 13.8 Å². The number of esters is 1. The molecule has 0 aliphatic carbocycles. The minimum absolute atomic E-state index is 0.147. The molecule has 2 aromatic heterocycles. The normalized spacial score (nSPS) is 10.8. The molecule has 0 radical (unpaired) electrons. The van der Waals surface area contributed by atoms with Gasteiger partial charge in [0, 0.05) is 18.4 Å². The van der Waals surface area contributed by atoms with Gasteiger partial charge in [0.25, 0.3) is 5.91 Å². The average molecular weight is 414 g/mol. The van der Waals surface area contributed by atoms with Crippen LogP contribution in [0.4, 0.5) is 5.69 Å². The first-order valence-corrected chi connectivity index (χ1v) is 9.42. The van der Waals surface area contributed by atoms with Crippen LogP contribution in [0.15, 0.2) is 41.3 Å². The maximum atomic E-state index is 12.7. The molecule has 1 N–H and O–H groups in total. The SMILES string of the molecule is CCn1cc(C(=O)OCC(=O)Nc2ccc(C)cc2Cl)c(=O)c2ccc(C)nc21. The van der Waals surface area contributed by atoms with Gasteiger partial charge in [0.15, 0.2) is 6.61 Å². The second kappa shape index (κ2) is 8.45. The molecule has 8 heteroatoms. The fraction of sp³-hybridized carbons (Fsp3) is 0.238. The number of carbonyl (C=O) groups is 2. The second-order valence-electron chi connectivity index (χ2n) is 6.59. The number of pyridine rings is 2. The first kappa shape index (κ1) is 20.5. The van der Waals surface area contributed by atoms with Crippen molar-refractivity contribution in [3.63, 3.8) is 0 Å². The third-order valence-corrected chi connectivity index (χ3v) is 4.67. The number of anilines is 1. The molecule has 0 atom stereocenters. The highest BCUT2D eigenvalue weighted by molar-refractivity contribution is 6.33. The molecule has 0 unspecified atom stereocenters. The topological polar surface area (TPSA) is 90.3 Å². The van der Waals surface area contributed by atoms with Crippen LogP contribution in [0.3, 0.4) is 0 Å². The van der Waals surface area contributed by atoms with E-state index in [4.69, 9.17) is 16.3 Å². The molecule has 0 fully saturated rings. The predicted octanol–water partition coefficient (Wildman–Crippen LogP) is 3.48. The maximum absolute atomic E-state index is 12.7. The summed E-state index contributed by atoms with van der Waals surface area (Å²) in [5.41, 5.74) is 2.00. The van der Waals surface area contributed by atoms with Gasteiger partial charge in [-0.3, -0.25) is 9.59 Å². The summed E-state index contributed by atoms with van der Waals surface area (Å²) in [5.74, 6) is -1.43. The van der Waals surface area contributed by atoms with Crippen LogP contribution < -0.4 is 10.7 Å². The number of ether oxygens (including phenoxy) is 1. The van der Waals surface area contributed by atoms with Gasteiger partial charge < -0.3 is 14.6 Å². The van der Waals surface area contributed by atoms with E-state index in [-0.39, 0.29) is 5.56 Å². The van der Waals surface area contributed by atoms with Gasteiger partial charge in [-0.1, -0.05) is 17.7 Å². The number of nitrogens with zero attached hydrogens (tertiary/aromatic N) is 2. The molecule has 0 aliphatic rings. The molecule has 29 heavy (non-hydrogen) atoms. The van der Waals surface area contributed by atoms with Gasteiger partial charge >= 0.3 is 5.97 Å². The third-order valence-electron chi connectivity index (χ3n) is 4.35. The van der Waals surface area contributed by atoms with E-state index in [1.54, 1.807) is 34.9 Å². The average Bonchev–Trinajstić information content (AvgIpc) is 2.68. The van der Waals surface area contributed by atoms with Crippen LogP contribution >= 0.6 is 11.6 Å². The maximum Gasteiger partial charge on any atom is 0.344 e. The zero-order valence-corrected chi connectivity index (χ0v) is 17.0. The molecule has 0 bridgehead atoms. The van der Waals surface area contributed by atoms with Crippen LogP contribution in [0.1, 0.15) is 28.5 Å². The molecule has 0 saturated carbocycles. The molecular formula is C21H20ClN3O4. The van der Waals surface area contributed by atoms with Crippen LogP contribution in [-0.2, 0) is 16.1 Å². The molecular weight excluding hydrogens is 394 g/mol. The summed E-state index contributed by atoms with van der Waals surface area (Å²) in [6, 6.07) is 8.51. The number of fused-ring (bicyclic) bond motifs is 1. The number of hydrogen-bond donors (Lipinski definition) is 1. The van der Waals surface area contributed by atoms with Crippen molar-refractivity contribution in [3.8, 4) is 0 Å².